The van der Waals surface area contributed by atoms with Crippen LogP contribution < -0.4 is 0 Å². The first-order valence-corrected chi connectivity index (χ1v) is 17.4. The molecule has 0 fully saturated rings. The van der Waals surface area contributed by atoms with Gasteiger partial charge in [0.2, 0.25) is 0 Å². The van der Waals surface area contributed by atoms with E-state index < -0.39 is 5.41 Å². The Balaban J connectivity index is 1.14. The van der Waals surface area contributed by atoms with E-state index in [1.54, 1.807) is 0 Å². The molecular weight excluding hydrogens is 605 g/mol. The molecule has 0 saturated carbocycles. The standard InChI is InChI=1S/C49H28O/c1-2-14-33-31(12-1)32-13-3-4-15-34(32)40-26-29(24-25-35(33)40)30-19-11-20-39-42-27-41-38-18-7-10-23-45(38)49(46(41)28-47(42)50-48(30)39)43-21-8-5-16-36(43)37-17-6-9-22-44(37)49/h1-28H. The van der Waals surface area contributed by atoms with Gasteiger partial charge in [-0.2, -0.15) is 0 Å². The fourth-order valence-electron chi connectivity index (χ4n) is 9.68. The molecule has 0 atom stereocenters. The molecule has 0 unspecified atom stereocenters. The Morgan fingerprint density at radius 1 is 0.300 bits per heavy atom. The minimum absolute atomic E-state index is 0.392. The lowest BCUT2D eigenvalue weighted by Crippen LogP contribution is -2.25. The van der Waals surface area contributed by atoms with Gasteiger partial charge < -0.3 is 4.42 Å². The highest BCUT2D eigenvalue weighted by Gasteiger charge is 2.51. The molecular formula is C49H28O. The highest BCUT2D eigenvalue weighted by molar-refractivity contribution is 6.26. The first-order chi connectivity index (χ1) is 24.8. The number of hydrogen-bond donors (Lipinski definition) is 0. The molecule has 1 nitrogen and oxygen atoms in total. The summed E-state index contributed by atoms with van der Waals surface area (Å²) in [4.78, 5) is 0. The molecule has 1 heteroatoms. The summed E-state index contributed by atoms with van der Waals surface area (Å²) in [6.45, 7) is 0. The molecule has 1 aromatic heterocycles. The fourth-order valence-corrected chi connectivity index (χ4v) is 9.68. The second kappa shape index (κ2) is 9.37. The predicted octanol–water partition coefficient (Wildman–Crippen LogP) is 13.1. The van der Waals surface area contributed by atoms with E-state index in [9.17, 15) is 0 Å². The van der Waals surface area contributed by atoms with E-state index in [4.69, 9.17) is 4.42 Å². The molecule has 0 bridgehead atoms. The molecule has 0 aliphatic heterocycles. The molecule has 12 rings (SSSR count). The van der Waals surface area contributed by atoms with Crippen LogP contribution in [0.15, 0.2) is 174 Å². The maximum Gasteiger partial charge on any atom is 0.143 e. The maximum atomic E-state index is 7.01. The smallest absolute Gasteiger partial charge is 0.143 e. The molecule has 0 N–H and O–H groups in total. The summed E-state index contributed by atoms with van der Waals surface area (Å²) in [5.74, 6) is 0. The van der Waals surface area contributed by atoms with Crippen molar-refractivity contribution in [2.45, 2.75) is 5.41 Å². The van der Waals surface area contributed by atoms with Crippen molar-refractivity contribution in [1.82, 2.24) is 0 Å². The van der Waals surface area contributed by atoms with E-state index in [1.165, 1.54) is 76.8 Å². The lowest BCUT2D eigenvalue weighted by Gasteiger charge is -2.30. The average molecular weight is 633 g/mol. The van der Waals surface area contributed by atoms with Crippen LogP contribution in [0.5, 0.6) is 0 Å². The van der Waals surface area contributed by atoms with E-state index in [0.717, 1.165) is 33.1 Å². The lowest BCUT2D eigenvalue weighted by molar-refractivity contribution is 0.667. The van der Waals surface area contributed by atoms with Crippen molar-refractivity contribution >= 4 is 54.3 Å². The Labute approximate surface area is 288 Å². The van der Waals surface area contributed by atoms with Gasteiger partial charge in [0.15, 0.2) is 0 Å². The van der Waals surface area contributed by atoms with Gasteiger partial charge in [-0.25, -0.2) is 0 Å². The van der Waals surface area contributed by atoms with Gasteiger partial charge in [-0.1, -0.05) is 152 Å². The van der Waals surface area contributed by atoms with Gasteiger partial charge in [0.1, 0.15) is 11.2 Å². The van der Waals surface area contributed by atoms with Gasteiger partial charge in [-0.05, 0) is 101 Å². The molecule has 10 aromatic rings. The summed E-state index contributed by atoms with van der Waals surface area (Å²) in [5.41, 5.74) is 14.3. The summed E-state index contributed by atoms with van der Waals surface area (Å²) in [6.07, 6.45) is 0. The van der Waals surface area contributed by atoms with Crippen molar-refractivity contribution in [1.29, 1.82) is 0 Å². The van der Waals surface area contributed by atoms with Gasteiger partial charge in [-0.15, -0.1) is 0 Å². The van der Waals surface area contributed by atoms with Crippen molar-refractivity contribution in [2.24, 2.45) is 0 Å². The summed E-state index contributed by atoms with van der Waals surface area (Å²) >= 11 is 0. The van der Waals surface area contributed by atoms with Crippen LogP contribution in [0.25, 0.3) is 87.6 Å². The van der Waals surface area contributed by atoms with Crippen molar-refractivity contribution in [3.05, 3.63) is 192 Å². The van der Waals surface area contributed by atoms with Crippen LogP contribution in [0, 0.1) is 0 Å². The van der Waals surface area contributed by atoms with Crippen LogP contribution in [0.4, 0.5) is 0 Å². The SMILES string of the molecule is c1ccc2c(c1)-c1ccccc1C21c2ccccc2-c2cc3c(cc21)oc1c(-c2ccc4c5ccccc5c5ccccc5c4c2)cccc13. The van der Waals surface area contributed by atoms with Crippen LogP contribution >= 0.6 is 0 Å². The topological polar surface area (TPSA) is 13.1 Å². The van der Waals surface area contributed by atoms with Gasteiger partial charge in [0.25, 0.3) is 0 Å². The third-order valence-electron chi connectivity index (χ3n) is 11.7. The largest absolute Gasteiger partial charge is 0.455 e. The summed E-state index contributed by atoms with van der Waals surface area (Å²) in [5, 5.41) is 9.99. The Morgan fingerprint density at radius 2 is 0.780 bits per heavy atom. The second-order valence-corrected chi connectivity index (χ2v) is 13.9. The highest BCUT2D eigenvalue weighted by atomic mass is 16.3. The molecule has 0 saturated heterocycles. The van der Waals surface area contributed by atoms with Gasteiger partial charge in [0, 0.05) is 16.3 Å². The first-order valence-electron chi connectivity index (χ1n) is 17.4. The molecule has 230 valence electrons. The van der Waals surface area contributed by atoms with Crippen LogP contribution in [-0.2, 0) is 5.41 Å². The van der Waals surface area contributed by atoms with Crippen molar-refractivity contribution in [2.75, 3.05) is 0 Å². The third-order valence-corrected chi connectivity index (χ3v) is 11.7. The van der Waals surface area contributed by atoms with E-state index in [0.29, 0.717) is 0 Å². The quantitative estimate of drug-likeness (QED) is 0.164. The summed E-state index contributed by atoms with van der Waals surface area (Å²) in [6, 6.07) is 62.8. The number of hydrogen-bond acceptors (Lipinski definition) is 1. The van der Waals surface area contributed by atoms with E-state index in [-0.39, 0.29) is 0 Å². The monoisotopic (exact) mass is 632 g/mol. The van der Waals surface area contributed by atoms with Crippen molar-refractivity contribution in [3.63, 3.8) is 0 Å². The van der Waals surface area contributed by atoms with Gasteiger partial charge >= 0.3 is 0 Å². The molecule has 0 radical (unpaired) electrons. The first kappa shape index (κ1) is 26.5. The van der Waals surface area contributed by atoms with Gasteiger partial charge in [-0.3, -0.25) is 0 Å². The van der Waals surface area contributed by atoms with Crippen LogP contribution in [-0.4, -0.2) is 0 Å². The molecule has 0 amide bonds. The Hall–Kier alpha value is -6.44. The summed E-state index contributed by atoms with van der Waals surface area (Å²) in [7, 11) is 0. The van der Waals surface area contributed by atoms with Gasteiger partial charge in [0.05, 0.1) is 5.41 Å². The van der Waals surface area contributed by atoms with E-state index in [2.05, 4.69) is 170 Å². The Morgan fingerprint density at radius 3 is 1.40 bits per heavy atom. The van der Waals surface area contributed by atoms with Crippen LogP contribution in [0.3, 0.4) is 0 Å². The number of fused-ring (bicyclic) bond motifs is 19. The minimum atomic E-state index is -0.392. The van der Waals surface area contributed by atoms with E-state index >= 15 is 0 Å². The zero-order valence-corrected chi connectivity index (χ0v) is 27.1. The average Bonchev–Trinajstić information content (AvgIpc) is 3.80. The molecule has 2 aliphatic rings. The van der Waals surface area contributed by atoms with E-state index in [1.807, 2.05) is 0 Å². The zero-order valence-electron chi connectivity index (χ0n) is 27.1. The number of benzene rings is 9. The Kier molecular flexibility index (Phi) is 4.97. The van der Waals surface area contributed by atoms with Crippen molar-refractivity contribution < 1.29 is 4.42 Å². The predicted molar refractivity (Wildman–Crippen MR) is 208 cm³/mol. The highest BCUT2D eigenvalue weighted by Crippen LogP contribution is 2.63. The second-order valence-electron chi connectivity index (χ2n) is 13.9. The fraction of sp³-hybridized carbons (Fsp3) is 0.0204. The number of rotatable bonds is 1. The lowest BCUT2D eigenvalue weighted by atomic mass is 9.70. The molecule has 2 aliphatic carbocycles. The minimum Gasteiger partial charge on any atom is -0.455 e. The molecule has 9 aromatic carbocycles. The normalized spacial score (nSPS) is 13.8. The molecule has 1 heterocycles. The maximum absolute atomic E-state index is 7.01. The molecule has 50 heavy (non-hydrogen) atoms. The molecule has 1 spiro atoms. The van der Waals surface area contributed by atoms with Crippen molar-refractivity contribution in [3.8, 4) is 33.4 Å². The third kappa shape index (κ3) is 3.14. The number of furan rings is 1. The Bertz CT molecular complexity index is 3020. The summed E-state index contributed by atoms with van der Waals surface area (Å²) < 4.78 is 7.01. The van der Waals surface area contributed by atoms with Crippen LogP contribution in [0.2, 0.25) is 0 Å². The number of para-hydroxylation sites is 1. The van der Waals surface area contributed by atoms with Crippen LogP contribution in [0.1, 0.15) is 22.3 Å². The zero-order chi connectivity index (χ0) is 32.6.